The molecular formula is C20H20ClN5O3. The lowest BCUT2D eigenvalue weighted by Gasteiger charge is -2.08. The Morgan fingerprint density at radius 3 is 2.86 bits per heavy atom. The van der Waals surface area contributed by atoms with Crippen molar-refractivity contribution in [1.82, 2.24) is 19.5 Å². The number of oxazole rings is 1. The summed E-state index contributed by atoms with van der Waals surface area (Å²) in [6.45, 7) is 2.54. The van der Waals surface area contributed by atoms with Crippen LogP contribution in [0.4, 0.5) is 11.7 Å². The predicted molar refractivity (Wildman–Crippen MR) is 112 cm³/mol. The van der Waals surface area contributed by atoms with Gasteiger partial charge in [-0.3, -0.25) is 4.57 Å². The van der Waals surface area contributed by atoms with E-state index < -0.39 is 0 Å². The third-order valence-corrected chi connectivity index (χ3v) is 4.29. The minimum atomic E-state index is -0.254. The Bertz CT molecular complexity index is 1160. The maximum Gasteiger partial charge on any atom is 0.331 e. The fourth-order valence-electron chi connectivity index (χ4n) is 2.84. The van der Waals surface area contributed by atoms with Gasteiger partial charge in [-0.1, -0.05) is 12.1 Å². The molecule has 4 rings (SSSR count). The van der Waals surface area contributed by atoms with Crippen LogP contribution in [-0.2, 0) is 11.3 Å². The molecule has 1 aromatic carbocycles. The highest BCUT2D eigenvalue weighted by molar-refractivity contribution is 5.85. The van der Waals surface area contributed by atoms with Gasteiger partial charge in [-0.05, 0) is 36.2 Å². The van der Waals surface area contributed by atoms with Crippen molar-refractivity contribution in [2.45, 2.75) is 13.5 Å². The molecule has 29 heavy (non-hydrogen) atoms. The number of rotatable bonds is 6. The van der Waals surface area contributed by atoms with Gasteiger partial charge in [0.05, 0.1) is 12.8 Å². The van der Waals surface area contributed by atoms with Crippen molar-refractivity contribution >= 4 is 24.1 Å². The number of nitrogens with one attached hydrogen (secondary N) is 2. The molecule has 3 aromatic heterocycles. The number of benzene rings is 1. The largest absolute Gasteiger partial charge is 0.423 e. The molecule has 0 aliphatic rings. The zero-order valence-corrected chi connectivity index (χ0v) is 16.7. The average Bonchev–Trinajstić information content (AvgIpc) is 3.34. The number of imidazole rings is 1. The molecule has 3 heterocycles. The number of H-pyrrole nitrogens is 1. The first kappa shape index (κ1) is 20.4. The van der Waals surface area contributed by atoms with Crippen molar-refractivity contribution in [3.8, 4) is 17.1 Å². The smallest absolute Gasteiger partial charge is 0.331 e. The standard InChI is InChI=1S/C20H19N5O3.ClH/c1-13-3-4-14(12-27-2)9-16(13)24-19-23-11-17(28-19)15-5-6-21-18(10-15)25-8-7-22-20(25)26;/h3-11H,12H2,1-2H3,(H,22,26)(H,23,24);1H. The van der Waals surface area contributed by atoms with Crippen LogP contribution in [0.3, 0.4) is 0 Å². The molecule has 0 aliphatic carbocycles. The van der Waals surface area contributed by atoms with Gasteiger partial charge in [-0.2, -0.15) is 0 Å². The summed E-state index contributed by atoms with van der Waals surface area (Å²) in [5.41, 5.74) is 3.53. The lowest BCUT2D eigenvalue weighted by atomic mass is 10.1. The van der Waals surface area contributed by atoms with Crippen LogP contribution in [0.15, 0.2) is 64.3 Å². The number of aromatic nitrogens is 4. The summed E-state index contributed by atoms with van der Waals surface area (Å²) in [5, 5.41) is 3.20. The van der Waals surface area contributed by atoms with Gasteiger partial charge in [0.2, 0.25) is 0 Å². The SMILES string of the molecule is COCc1ccc(C)c(Nc2ncc(-c3ccnc(-n4cc[nH]c4=O)c3)o2)c1.Cl. The molecule has 8 nitrogen and oxygen atoms in total. The third kappa shape index (κ3) is 4.39. The minimum Gasteiger partial charge on any atom is -0.423 e. The van der Waals surface area contributed by atoms with Crippen molar-refractivity contribution in [2.24, 2.45) is 0 Å². The number of anilines is 2. The van der Waals surface area contributed by atoms with Crippen LogP contribution in [0.25, 0.3) is 17.1 Å². The monoisotopic (exact) mass is 413 g/mol. The van der Waals surface area contributed by atoms with Gasteiger partial charge >= 0.3 is 5.69 Å². The first-order valence-corrected chi connectivity index (χ1v) is 8.68. The van der Waals surface area contributed by atoms with E-state index in [2.05, 4.69) is 20.3 Å². The highest BCUT2D eigenvalue weighted by Gasteiger charge is 2.11. The second-order valence-electron chi connectivity index (χ2n) is 6.27. The highest BCUT2D eigenvalue weighted by atomic mass is 35.5. The van der Waals surface area contributed by atoms with Crippen LogP contribution in [0.5, 0.6) is 0 Å². The lowest BCUT2D eigenvalue weighted by molar-refractivity contribution is 0.185. The summed E-state index contributed by atoms with van der Waals surface area (Å²) >= 11 is 0. The van der Waals surface area contributed by atoms with E-state index in [0.717, 1.165) is 22.4 Å². The van der Waals surface area contributed by atoms with E-state index in [1.54, 1.807) is 44.0 Å². The van der Waals surface area contributed by atoms with Gasteiger partial charge in [0.15, 0.2) is 5.76 Å². The molecular weight excluding hydrogens is 394 g/mol. The quantitative estimate of drug-likeness (QED) is 0.498. The number of aromatic amines is 1. The van der Waals surface area contributed by atoms with Crippen LogP contribution < -0.4 is 11.0 Å². The van der Waals surface area contributed by atoms with Gasteiger partial charge in [-0.15, -0.1) is 12.4 Å². The van der Waals surface area contributed by atoms with Gasteiger partial charge in [-0.25, -0.2) is 14.8 Å². The molecule has 0 bridgehead atoms. The van der Waals surface area contributed by atoms with E-state index in [9.17, 15) is 4.79 Å². The first-order valence-electron chi connectivity index (χ1n) is 8.68. The number of ether oxygens (including phenoxy) is 1. The number of nitrogens with zero attached hydrogens (tertiary/aromatic N) is 3. The number of pyridine rings is 1. The van der Waals surface area contributed by atoms with E-state index in [1.165, 1.54) is 4.57 Å². The van der Waals surface area contributed by atoms with Crippen LogP contribution in [0.2, 0.25) is 0 Å². The second-order valence-corrected chi connectivity index (χ2v) is 6.27. The molecule has 0 spiro atoms. The Morgan fingerprint density at radius 1 is 1.24 bits per heavy atom. The molecule has 0 amide bonds. The first-order chi connectivity index (χ1) is 13.6. The summed E-state index contributed by atoms with van der Waals surface area (Å²) in [6.07, 6.45) is 6.44. The summed E-state index contributed by atoms with van der Waals surface area (Å²) in [4.78, 5) is 22.9. The maximum atomic E-state index is 11.8. The Labute approximate surface area is 173 Å². The molecule has 0 unspecified atom stereocenters. The summed E-state index contributed by atoms with van der Waals surface area (Å²) in [6, 6.07) is 9.99. The Hall–Kier alpha value is -3.36. The number of hydrogen-bond donors (Lipinski definition) is 2. The summed E-state index contributed by atoms with van der Waals surface area (Å²) in [5.74, 6) is 1.07. The topological polar surface area (TPSA) is 98.0 Å². The van der Waals surface area contributed by atoms with Gasteiger partial charge < -0.3 is 19.5 Å². The van der Waals surface area contributed by atoms with E-state index in [1.807, 2.05) is 25.1 Å². The Kier molecular flexibility index (Phi) is 6.16. The Morgan fingerprint density at radius 2 is 2.10 bits per heavy atom. The van der Waals surface area contributed by atoms with Gasteiger partial charge in [0.1, 0.15) is 5.82 Å². The zero-order chi connectivity index (χ0) is 19.5. The zero-order valence-electron chi connectivity index (χ0n) is 15.9. The molecule has 0 saturated heterocycles. The van der Waals surface area contributed by atoms with E-state index in [-0.39, 0.29) is 18.1 Å². The van der Waals surface area contributed by atoms with E-state index in [0.29, 0.717) is 24.2 Å². The van der Waals surface area contributed by atoms with Crippen molar-refractivity contribution in [3.05, 3.63) is 76.7 Å². The lowest BCUT2D eigenvalue weighted by Crippen LogP contribution is -2.15. The number of aryl methyl sites for hydroxylation is 1. The van der Waals surface area contributed by atoms with Crippen LogP contribution in [0.1, 0.15) is 11.1 Å². The molecule has 0 saturated carbocycles. The second kappa shape index (κ2) is 8.76. The fraction of sp³-hybridized carbons (Fsp3) is 0.150. The molecule has 0 atom stereocenters. The molecule has 150 valence electrons. The molecule has 2 N–H and O–H groups in total. The predicted octanol–water partition coefficient (Wildman–Crippen LogP) is 3.84. The number of hydrogen-bond acceptors (Lipinski definition) is 6. The van der Waals surface area contributed by atoms with Crippen molar-refractivity contribution in [1.29, 1.82) is 0 Å². The number of methoxy groups -OCH3 is 1. The van der Waals surface area contributed by atoms with Crippen LogP contribution >= 0.6 is 12.4 Å². The Balaban J connectivity index is 0.00000240. The highest BCUT2D eigenvalue weighted by Crippen LogP contribution is 2.27. The number of halogens is 1. The summed E-state index contributed by atoms with van der Waals surface area (Å²) < 4.78 is 12.5. The van der Waals surface area contributed by atoms with Crippen LogP contribution in [-0.4, -0.2) is 26.6 Å². The molecule has 0 fully saturated rings. The van der Waals surface area contributed by atoms with E-state index in [4.69, 9.17) is 9.15 Å². The maximum absolute atomic E-state index is 11.8. The molecule has 0 aliphatic heterocycles. The third-order valence-electron chi connectivity index (χ3n) is 4.29. The molecule has 4 aromatic rings. The molecule has 0 radical (unpaired) electrons. The summed E-state index contributed by atoms with van der Waals surface area (Å²) in [7, 11) is 1.66. The average molecular weight is 414 g/mol. The van der Waals surface area contributed by atoms with Crippen molar-refractivity contribution < 1.29 is 9.15 Å². The normalized spacial score (nSPS) is 10.6. The van der Waals surface area contributed by atoms with Crippen LogP contribution in [0, 0.1) is 6.92 Å². The van der Waals surface area contributed by atoms with Gasteiger partial charge in [0, 0.05) is 37.0 Å². The minimum absolute atomic E-state index is 0. The van der Waals surface area contributed by atoms with Crippen molar-refractivity contribution in [2.75, 3.05) is 12.4 Å². The molecule has 9 heteroatoms. The van der Waals surface area contributed by atoms with E-state index >= 15 is 0 Å². The van der Waals surface area contributed by atoms with Crippen molar-refractivity contribution in [3.63, 3.8) is 0 Å². The fourth-order valence-corrected chi connectivity index (χ4v) is 2.84. The van der Waals surface area contributed by atoms with Gasteiger partial charge in [0.25, 0.3) is 6.01 Å².